The minimum absolute atomic E-state index is 0.229. The number of aldehydes is 1. The maximum Gasteiger partial charge on any atom is 0.573 e. The van der Waals surface area contributed by atoms with Crippen LogP contribution in [0.5, 0.6) is 5.75 Å². The van der Waals surface area contributed by atoms with Gasteiger partial charge in [-0.1, -0.05) is 35.3 Å². The zero-order valence-corrected chi connectivity index (χ0v) is 11.8. The van der Waals surface area contributed by atoms with Crippen LogP contribution < -0.4 is 4.74 Å². The van der Waals surface area contributed by atoms with Gasteiger partial charge in [0, 0.05) is 10.0 Å². The fourth-order valence-electron chi connectivity index (χ4n) is 1.84. The zero-order chi connectivity index (χ0) is 15.6. The molecular formula is C14H7Cl2F3O2. The zero-order valence-electron chi connectivity index (χ0n) is 10.2. The van der Waals surface area contributed by atoms with E-state index in [-0.39, 0.29) is 11.1 Å². The predicted molar refractivity (Wildman–Crippen MR) is 74.0 cm³/mol. The molecule has 0 unspecified atom stereocenters. The van der Waals surface area contributed by atoms with Gasteiger partial charge in [0.1, 0.15) is 5.75 Å². The van der Waals surface area contributed by atoms with Gasteiger partial charge in [-0.2, -0.15) is 0 Å². The van der Waals surface area contributed by atoms with Crippen LogP contribution in [0.15, 0.2) is 36.4 Å². The molecule has 0 saturated heterocycles. The third kappa shape index (κ3) is 3.89. The van der Waals surface area contributed by atoms with Crippen LogP contribution in [-0.4, -0.2) is 12.6 Å². The van der Waals surface area contributed by atoms with Crippen LogP contribution in [0.25, 0.3) is 11.1 Å². The Bertz CT molecular complexity index is 664. The van der Waals surface area contributed by atoms with E-state index in [1.807, 2.05) is 0 Å². The standard InChI is InChI=1S/C14H7Cl2F3O2/c15-9-4-8(5-10(16)6-9)11-2-1-3-13(12(11)7-20)21-14(17,18)19/h1-7H. The summed E-state index contributed by atoms with van der Waals surface area (Å²) in [7, 11) is 0. The number of halogens is 5. The first-order valence-electron chi connectivity index (χ1n) is 5.60. The summed E-state index contributed by atoms with van der Waals surface area (Å²) < 4.78 is 40.9. The highest BCUT2D eigenvalue weighted by Gasteiger charge is 2.32. The van der Waals surface area contributed by atoms with Crippen molar-refractivity contribution in [2.24, 2.45) is 0 Å². The van der Waals surface area contributed by atoms with E-state index < -0.39 is 12.1 Å². The molecule has 2 aromatic rings. The summed E-state index contributed by atoms with van der Waals surface area (Å²) in [4.78, 5) is 11.2. The maximum atomic E-state index is 12.3. The molecule has 0 radical (unpaired) electrons. The molecule has 0 aromatic heterocycles. The largest absolute Gasteiger partial charge is 0.573 e. The lowest BCUT2D eigenvalue weighted by Gasteiger charge is -2.14. The first-order chi connectivity index (χ1) is 9.80. The monoisotopic (exact) mass is 334 g/mol. The van der Waals surface area contributed by atoms with E-state index >= 15 is 0 Å². The Balaban J connectivity index is 2.59. The van der Waals surface area contributed by atoms with E-state index in [9.17, 15) is 18.0 Å². The van der Waals surface area contributed by atoms with Crippen molar-refractivity contribution in [3.8, 4) is 16.9 Å². The predicted octanol–water partition coefficient (Wildman–Crippen LogP) is 5.37. The smallest absolute Gasteiger partial charge is 0.405 e. The molecule has 0 saturated carbocycles. The molecule has 0 aliphatic rings. The summed E-state index contributed by atoms with van der Waals surface area (Å²) in [6, 6.07) is 8.35. The van der Waals surface area contributed by atoms with Gasteiger partial charge in [-0.3, -0.25) is 4.79 Å². The van der Waals surface area contributed by atoms with Crippen LogP contribution in [0.1, 0.15) is 10.4 Å². The van der Waals surface area contributed by atoms with Crippen molar-refractivity contribution in [1.82, 2.24) is 0 Å². The normalized spacial score (nSPS) is 11.3. The molecule has 2 aromatic carbocycles. The van der Waals surface area contributed by atoms with Crippen LogP contribution in [0.3, 0.4) is 0 Å². The van der Waals surface area contributed by atoms with Crippen molar-refractivity contribution in [3.05, 3.63) is 52.0 Å². The van der Waals surface area contributed by atoms with Gasteiger partial charge in [0.25, 0.3) is 0 Å². The number of ether oxygens (including phenoxy) is 1. The molecule has 7 heteroatoms. The Morgan fingerprint density at radius 1 is 1.05 bits per heavy atom. The number of carbonyl (C=O) groups is 1. The van der Waals surface area contributed by atoms with Crippen molar-refractivity contribution in [2.75, 3.05) is 0 Å². The molecular weight excluding hydrogens is 328 g/mol. The van der Waals surface area contributed by atoms with E-state index in [4.69, 9.17) is 23.2 Å². The molecule has 0 heterocycles. The molecule has 21 heavy (non-hydrogen) atoms. The molecule has 0 fully saturated rings. The Labute approximate surface area is 128 Å². The summed E-state index contributed by atoms with van der Waals surface area (Å²) >= 11 is 11.7. The highest BCUT2D eigenvalue weighted by atomic mass is 35.5. The van der Waals surface area contributed by atoms with E-state index in [0.29, 0.717) is 21.9 Å². The number of carbonyl (C=O) groups excluding carboxylic acids is 1. The Morgan fingerprint density at radius 2 is 1.67 bits per heavy atom. The lowest BCUT2D eigenvalue weighted by molar-refractivity contribution is -0.274. The molecule has 2 rings (SSSR count). The second-order valence-electron chi connectivity index (χ2n) is 4.04. The van der Waals surface area contributed by atoms with Crippen molar-refractivity contribution in [1.29, 1.82) is 0 Å². The minimum atomic E-state index is -4.89. The van der Waals surface area contributed by atoms with Gasteiger partial charge >= 0.3 is 6.36 Å². The van der Waals surface area contributed by atoms with Gasteiger partial charge < -0.3 is 4.74 Å². The summed E-state index contributed by atoms with van der Waals surface area (Å²) in [6.45, 7) is 0. The average molecular weight is 335 g/mol. The lowest BCUT2D eigenvalue weighted by Crippen LogP contribution is -2.18. The molecule has 0 amide bonds. The third-order valence-electron chi connectivity index (χ3n) is 2.58. The van der Waals surface area contributed by atoms with E-state index in [2.05, 4.69) is 4.74 Å². The highest BCUT2D eigenvalue weighted by molar-refractivity contribution is 6.35. The summed E-state index contributed by atoms with van der Waals surface area (Å²) in [5.74, 6) is -0.578. The fourth-order valence-corrected chi connectivity index (χ4v) is 2.37. The van der Waals surface area contributed by atoms with Crippen molar-refractivity contribution >= 4 is 29.5 Å². The molecule has 2 nitrogen and oxygen atoms in total. The quantitative estimate of drug-likeness (QED) is 0.705. The number of rotatable bonds is 3. The SMILES string of the molecule is O=Cc1c(OC(F)(F)F)cccc1-c1cc(Cl)cc(Cl)c1. The average Bonchev–Trinajstić information content (AvgIpc) is 2.35. The van der Waals surface area contributed by atoms with E-state index in [1.165, 1.54) is 30.3 Å². The summed E-state index contributed by atoms with van der Waals surface area (Å²) in [6.07, 6.45) is -4.59. The Hall–Kier alpha value is -1.72. The molecule has 0 spiro atoms. The molecule has 0 atom stereocenters. The van der Waals surface area contributed by atoms with Gasteiger partial charge in [-0.15, -0.1) is 13.2 Å². The Kier molecular flexibility index (Phi) is 4.44. The first kappa shape index (κ1) is 15.7. The topological polar surface area (TPSA) is 26.3 Å². The fraction of sp³-hybridized carbons (Fsp3) is 0.0714. The lowest BCUT2D eigenvalue weighted by atomic mass is 9.99. The van der Waals surface area contributed by atoms with Crippen LogP contribution in [-0.2, 0) is 0 Å². The molecule has 0 aliphatic heterocycles. The van der Waals surface area contributed by atoms with Crippen molar-refractivity contribution in [2.45, 2.75) is 6.36 Å². The number of hydrogen-bond acceptors (Lipinski definition) is 2. The second kappa shape index (κ2) is 5.95. The number of benzene rings is 2. The maximum absolute atomic E-state index is 12.3. The van der Waals surface area contributed by atoms with Crippen LogP contribution in [0, 0.1) is 0 Å². The number of hydrogen-bond donors (Lipinski definition) is 0. The van der Waals surface area contributed by atoms with Crippen LogP contribution in [0.4, 0.5) is 13.2 Å². The van der Waals surface area contributed by atoms with Crippen molar-refractivity contribution < 1.29 is 22.7 Å². The van der Waals surface area contributed by atoms with Gasteiger partial charge in [-0.05, 0) is 35.4 Å². The summed E-state index contributed by atoms with van der Waals surface area (Å²) in [5.41, 5.74) is 0.437. The van der Waals surface area contributed by atoms with Gasteiger partial charge in [-0.25, -0.2) is 0 Å². The molecule has 110 valence electrons. The highest BCUT2D eigenvalue weighted by Crippen LogP contribution is 2.34. The third-order valence-corrected chi connectivity index (χ3v) is 3.02. The molecule has 0 aliphatic carbocycles. The van der Waals surface area contributed by atoms with Crippen molar-refractivity contribution in [3.63, 3.8) is 0 Å². The second-order valence-corrected chi connectivity index (χ2v) is 4.91. The Morgan fingerprint density at radius 3 is 2.19 bits per heavy atom. The first-order valence-corrected chi connectivity index (χ1v) is 6.36. The van der Waals surface area contributed by atoms with Gasteiger partial charge in [0.15, 0.2) is 6.29 Å². The van der Waals surface area contributed by atoms with E-state index in [0.717, 1.165) is 6.07 Å². The molecule has 0 N–H and O–H groups in total. The van der Waals surface area contributed by atoms with E-state index in [1.54, 1.807) is 0 Å². The minimum Gasteiger partial charge on any atom is -0.405 e. The van der Waals surface area contributed by atoms with Crippen LogP contribution in [0.2, 0.25) is 10.0 Å². The summed E-state index contributed by atoms with van der Waals surface area (Å²) in [5, 5.41) is 0.605. The molecule has 0 bridgehead atoms. The number of alkyl halides is 3. The van der Waals surface area contributed by atoms with Crippen LogP contribution >= 0.6 is 23.2 Å². The van der Waals surface area contributed by atoms with Gasteiger partial charge in [0.2, 0.25) is 0 Å². The van der Waals surface area contributed by atoms with Gasteiger partial charge in [0.05, 0.1) is 5.56 Å².